The van der Waals surface area contributed by atoms with Crippen LogP contribution in [0.4, 0.5) is 0 Å². The molecule has 0 radical (unpaired) electrons. The summed E-state index contributed by atoms with van der Waals surface area (Å²) in [5, 5.41) is 8.69. The molecule has 0 aromatic carbocycles. The van der Waals surface area contributed by atoms with Gasteiger partial charge in [0.05, 0.1) is 12.2 Å². The number of ether oxygens (including phenoxy) is 4. The molecule has 11 heteroatoms. The van der Waals surface area contributed by atoms with E-state index in [4.69, 9.17) is 33.1 Å². The van der Waals surface area contributed by atoms with Gasteiger partial charge in [0.1, 0.15) is 24.4 Å². The van der Waals surface area contributed by atoms with E-state index >= 15 is 0 Å². The van der Waals surface area contributed by atoms with Gasteiger partial charge in [0.2, 0.25) is 0 Å². The van der Waals surface area contributed by atoms with Crippen LogP contribution < -0.4 is 0 Å². The Kier molecular flexibility index (Phi) is 20.4. The highest BCUT2D eigenvalue weighted by molar-refractivity contribution is 14.1. The van der Waals surface area contributed by atoms with Gasteiger partial charge in [-0.3, -0.25) is 0 Å². The summed E-state index contributed by atoms with van der Waals surface area (Å²) in [4.78, 5) is 12.1. The highest BCUT2D eigenvalue weighted by atomic mass is 127. The summed E-state index contributed by atoms with van der Waals surface area (Å²) in [5.41, 5.74) is 2.38. The minimum atomic E-state index is -2.10. The highest BCUT2D eigenvalue weighted by Gasteiger charge is 2.52. The second-order valence-corrected chi connectivity index (χ2v) is 22.9. The number of methoxy groups -OCH3 is 1. The van der Waals surface area contributed by atoms with E-state index in [1.807, 2.05) is 37.0 Å². The Morgan fingerprint density at radius 3 is 1.89 bits per heavy atom. The summed E-state index contributed by atoms with van der Waals surface area (Å²) in [6.07, 6.45) is 5.87. The van der Waals surface area contributed by atoms with Crippen molar-refractivity contribution < 1.29 is 32.6 Å². The topological polar surface area (TPSA) is 96.2 Å². The quantitative estimate of drug-likeness (QED) is 0.0395. The Balaban J connectivity index is 3.55. The first-order valence-corrected chi connectivity index (χ1v) is 23.6. The molecule has 0 N–H and O–H groups in total. The highest BCUT2D eigenvalue weighted by Crippen LogP contribution is 2.38. The molecule has 0 amide bonds. The summed E-state index contributed by atoms with van der Waals surface area (Å²) in [7, 11) is -2.40. The van der Waals surface area contributed by atoms with Gasteiger partial charge >= 0.3 is 5.97 Å². The van der Waals surface area contributed by atoms with Crippen molar-refractivity contribution in [3.8, 4) is 6.07 Å². The van der Waals surface area contributed by atoms with Crippen LogP contribution in [0.2, 0.25) is 36.3 Å². The van der Waals surface area contributed by atoms with Gasteiger partial charge in [-0.05, 0) is 80.2 Å². The molecule has 0 saturated carbocycles. The van der Waals surface area contributed by atoms with E-state index < -0.39 is 35.0 Å². The number of rotatable bonds is 20. The largest absolute Gasteiger partial charge is 0.447 e. The number of carbonyl (C=O) groups is 1. The Hall–Kier alpha value is -1.12. The van der Waals surface area contributed by atoms with Crippen molar-refractivity contribution in [2.75, 3.05) is 13.7 Å². The maximum Gasteiger partial charge on any atom is 0.334 e. The third kappa shape index (κ3) is 12.9. The van der Waals surface area contributed by atoms with Gasteiger partial charge in [-0.1, -0.05) is 94.4 Å². The maximum absolute atomic E-state index is 12.1. The summed E-state index contributed by atoms with van der Waals surface area (Å²) in [6.45, 7) is 23.1. The summed E-state index contributed by atoms with van der Waals surface area (Å²) >= 11 is 2.24. The van der Waals surface area contributed by atoms with E-state index in [2.05, 4.69) is 83.2 Å². The predicted octanol–water partition coefficient (Wildman–Crippen LogP) is 9.40. The van der Waals surface area contributed by atoms with Crippen molar-refractivity contribution in [2.45, 2.75) is 149 Å². The van der Waals surface area contributed by atoms with Crippen LogP contribution in [-0.4, -0.2) is 73.1 Å². The molecule has 1 heterocycles. The molecule has 47 heavy (non-hydrogen) atoms. The van der Waals surface area contributed by atoms with Crippen molar-refractivity contribution in [3.63, 3.8) is 0 Å². The Morgan fingerprint density at radius 2 is 1.43 bits per heavy atom. The predicted molar refractivity (Wildman–Crippen MR) is 204 cm³/mol. The fourth-order valence-electron chi connectivity index (χ4n) is 6.39. The van der Waals surface area contributed by atoms with E-state index in [1.54, 1.807) is 20.1 Å². The van der Waals surface area contributed by atoms with Crippen molar-refractivity contribution in [2.24, 2.45) is 5.92 Å². The standard InChI is InChI=1S/C36H62INO7Si2/c1-13-46(14-2,15-3)44-33-32(40-12)30(11)42-36(34(33)45-47(16-4,17-5)18-6)43-31(19-20-37)28(9)24-26(7)23-27(8)25-29(10)35(39)41-22-21-38/h19-20,23-25,28,30-34,36H,13-18,22H2,1-12H3/b20-19+,26-24+,27-23+,29-25+/t28-,30+,31-,32+,33-,34+,36+/m1/s1. The first-order valence-electron chi connectivity index (χ1n) is 17.3. The van der Waals surface area contributed by atoms with Gasteiger partial charge in [0.25, 0.3) is 0 Å². The SMILES string of the molecule is CC[Si](CC)(CC)O[C@H]1[C@H](O[Si](CC)(CC)CC)[C@H](O[C@H](/C=C/I)[C@H](C)/C=C(C)/C=C(C)/C=C(\C)C(=O)OCC#N)O[C@@H](C)[C@@H]1OC. The smallest absolute Gasteiger partial charge is 0.334 e. The molecular weight excluding hydrogens is 741 g/mol. The van der Waals surface area contributed by atoms with Crippen molar-refractivity contribution in [1.82, 2.24) is 0 Å². The zero-order chi connectivity index (χ0) is 35.8. The molecule has 0 unspecified atom stereocenters. The van der Waals surface area contributed by atoms with Crippen LogP contribution in [0.15, 0.2) is 45.1 Å². The van der Waals surface area contributed by atoms with E-state index in [1.165, 1.54) is 0 Å². The lowest BCUT2D eigenvalue weighted by atomic mass is 9.98. The van der Waals surface area contributed by atoms with Crippen LogP contribution in [0.25, 0.3) is 0 Å². The van der Waals surface area contributed by atoms with Crippen molar-refractivity contribution >= 4 is 45.2 Å². The lowest BCUT2D eigenvalue weighted by Gasteiger charge is -2.50. The minimum absolute atomic E-state index is 0.00396. The summed E-state index contributed by atoms with van der Waals surface area (Å²) in [6, 6.07) is 7.93. The number of nitriles is 1. The van der Waals surface area contributed by atoms with Gasteiger partial charge in [0.15, 0.2) is 29.5 Å². The average Bonchev–Trinajstić information content (AvgIpc) is 3.05. The van der Waals surface area contributed by atoms with Crippen molar-refractivity contribution in [1.29, 1.82) is 5.26 Å². The molecular formula is C36H62INO7Si2. The third-order valence-corrected chi connectivity index (χ3v) is 19.4. The van der Waals surface area contributed by atoms with Crippen LogP contribution >= 0.6 is 22.6 Å². The number of hydrogen-bond donors (Lipinski definition) is 0. The van der Waals surface area contributed by atoms with E-state index in [-0.39, 0.29) is 36.9 Å². The van der Waals surface area contributed by atoms with Crippen LogP contribution in [0, 0.1) is 17.2 Å². The Labute approximate surface area is 301 Å². The second-order valence-electron chi connectivity index (χ2n) is 12.7. The molecule has 1 saturated heterocycles. The molecule has 8 nitrogen and oxygen atoms in total. The van der Waals surface area contributed by atoms with Crippen molar-refractivity contribution in [3.05, 3.63) is 45.1 Å². The zero-order valence-corrected chi connectivity index (χ0v) is 35.2. The molecule has 1 aliphatic rings. The molecule has 0 bridgehead atoms. The molecule has 0 aromatic rings. The van der Waals surface area contributed by atoms with Gasteiger partial charge in [-0.2, -0.15) is 5.26 Å². The fraction of sp³-hybridized carbons (Fsp3) is 0.722. The lowest BCUT2D eigenvalue weighted by molar-refractivity contribution is -0.299. The summed E-state index contributed by atoms with van der Waals surface area (Å²) < 4.78 is 41.2. The molecule has 1 aliphatic heterocycles. The number of halogens is 1. The number of nitrogens with zero attached hydrogens (tertiary/aromatic N) is 1. The molecule has 0 aliphatic carbocycles. The monoisotopic (exact) mass is 803 g/mol. The van der Waals surface area contributed by atoms with E-state index in [0.29, 0.717) is 5.57 Å². The number of allylic oxidation sites excluding steroid dienone is 4. The van der Waals surface area contributed by atoms with E-state index in [9.17, 15) is 4.79 Å². The van der Waals surface area contributed by atoms with Crippen LogP contribution in [0.3, 0.4) is 0 Å². The number of esters is 1. The Morgan fingerprint density at radius 1 is 0.894 bits per heavy atom. The molecule has 268 valence electrons. The molecule has 0 aromatic heterocycles. The lowest BCUT2D eigenvalue weighted by Crippen LogP contribution is -2.65. The van der Waals surface area contributed by atoms with Gasteiger partial charge in [0, 0.05) is 18.6 Å². The number of hydrogen-bond acceptors (Lipinski definition) is 8. The minimum Gasteiger partial charge on any atom is -0.447 e. The summed E-state index contributed by atoms with van der Waals surface area (Å²) in [5.74, 6) is -0.500. The third-order valence-electron chi connectivity index (χ3n) is 9.72. The van der Waals surface area contributed by atoms with Gasteiger partial charge in [-0.25, -0.2) is 4.79 Å². The molecule has 1 rings (SSSR count). The van der Waals surface area contributed by atoms with Crippen LogP contribution in [0.1, 0.15) is 76.2 Å². The fourth-order valence-corrected chi connectivity index (χ4v) is 12.5. The Bertz CT molecular complexity index is 1110. The molecule has 7 atom stereocenters. The van der Waals surface area contributed by atoms with E-state index in [0.717, 1.165) is 47.4 Å². The zero-order valence-electron chi connectivity index (χ0n) is 31.1. The average molecular weight is 804 g/mol. The number of carbonyl (C=O) groups excluding carboxylic acids is 1. The van der Waals surface area contributed by atoms with Crippen LogP contribution in [0.5, 0.6) is 0 Å². The van der Waals surface area contributed by atoms with Gasteiger partial charge < -0.3 is 27.8 Å². The first kappa shape index (κ1) is 43.9. The normalized spacial score (nSPS) is 24.7. The molecule has 0 spiro atoms. The molecule has 1 fully saturated rings. The van der Waals surface area contributed by atoms with Crippen LogP contribution in [-0.2, 0) is 32.6 Å². The second kappa shape index (κ2) is 21.9. The maximum atomic E-state index is 12.1. The van der Waals surface area contributed by atoms with Gasteiger partial charge in [-0.15, -0.1) is 0 Å². The first-order chi connectivity index (χ1) is 22.3.